The fourth-order valence-corrected chi connectivity index (χ4v) is 5.58. The Kier molecular flexibility index (Phi) is 16.8. The van der Waals surface area contributed by atoms with Crippen molar-refractivity contribution >= 4 is 0 Å². The average Bonchev–Trinajstić information content (AvgIpc) is 3.00. The summed E-state index contributed by atoms with van der Waals surface area (Å²) >= 11 is 0. The molecule has 0 aliphatic rings. The van der Waals surface area contributed by atoms with Crippen molar-refractivity contribution in [3.63, 3.8) is 0 Å². The molecule has 0 aliphatic carbocycles. The van der Waals surface area contributed by atoms with Gasteiger partial charge in [0.1, 0.15) is 5.82 Å². The monoisotopic (exact) mass is 670 g/mol. The fourth-order valence-electron chi connectivity index (χ4n) is 5.58. The minimum absolute atomic E-state index is 0.469. The highest BCUT2D eigenvalue weighted by molar-refractivity contribution is 5.38. The molecule has 4 aromatic heterocycles. The number of nitrogens with zero attached hydrogens (tertiary/aromatic N) is 7. The molecule has 49 heavy (non-hydrogen) atoms. The van der Waals surface area contributed by atoms with Crippen molar-refractivity contribution in [1.82, 2.24) is 35.1 Å². The maximum absolute atomic E-state index is 4.63. The van der Waals surface area contributed by atoms with Crippen LogP contribution in [0.4, 0.5) is 0 Å². The molecule has 0 fully saturated rings. The highest BCUT2D eigenvalue weighted by Crippen LogP contribution is 2.24. The van der Waals surface area contributed by atoms with Crippen molar-refractivity contribution < 1.29 is 0 Å². The lowest BCUT2D eigenvalue weighted by Crippen LogP contribution is -2.03. The second-order valence-corrected chi connectivity index (χ2v) is 14.7. The molecule has 7 nitrogen and oxygen atoms in total. The van der Waals surface area contributed by atoms with E-state index in [-0.39, 0.29) is 0 Å². The minimum Gasteiger partial charge on any atom is -0.257 e. The second kappa shape index (κ2) is 19.0. The van der Waals surface area contributed by atoms with Gasteiger partial charge < -0.3 is 0 Å². The van der Waals surface area contributed by atoms with E-state index in [0.717, 1.165) is 45.7 Å². The van der Waals surface area contributed by atoms with Gasteiger partial charge in [0.2, 0.25) is 0 Å². The Bertz CT molecular complexity index is 1690. The summed E-state index contributed by atoms with van der Waals surface area (Å²) in [6, 6.07) is 0. The van der Waals surface area contributed by atoms with E-state index < -0.39 is 0 Å². The molecule has 0 saturated carbocycles. The highest BCUT2D eigenvalue weighted by atomic mass is 15.1. The highest BCUT2D eigenvalue weighted by Gasteiger charge is 2.12. The van der Waals surface area contributed by atoms with E-state index in [2.05, 4.69) is 139 Å². The van der Waals surface area contributed by atoms with Crippen molar-refractivity contribution in [3.8, 4) is 0 Å². The summed E-state index contributed by atoms with van der Waals surface area (Å²) in [7, 11) is 0. The van der Waals surface area contributed by atoms with Crippen LogP contribution in [0.5, 0.6) is 0 Å². The van der Waals surface area contributed by atoms with E-state index in [4.69, 9.17) is 0 Å². The molecule has 0 amide bonds. The molecule has 0 unspecified atom stereocenters. The van der Waals surface area contributed by atoms with Gasteiger partial charge in [0, 0.05) is 22.8 Å². The molecular weight excluding hydrogens is 603 g/mol. The van der Waals surface area contributed by atoms with E-state index in [9.17, 15) is 0 Å². The van der Waals surface area contributed by atoms with Crippen LogP contribution in [0.15, 0.2) is 0 Å². The summed E-state index contributed by atoms with van der Waals surface area (Å²) in [6.45, 7) is 44.2. The third-order valence-corrected chi connectivity index (χ3v) is 9.38. The first-order valence-electron chi connectivity index (χ1n) is 17.9. The SMILES string of the molecule is Cc1nc(C(C)C)c(C)c(C)c1C.Cc1nc(C)c(C(C)C)nc1C.Cc1nc(C)c(C)c(C(C)C)n1.Cc1nnc(C(C)C)c(C)c1C. The quantitative estimate of drug-likeness (QED) is 0.213. The normalized spacial score (nSPS) is 10.9. The van der Waals surface area contributed by atoms with Crippen LogP contribution >= 0.6 is 0 Å². The van der Waals surface area contributed by atoms with Gasteiger partial charge in [-0.25, -0.2) is 9.97 Å². The van der Waals surface area contributed by atoms with Crippen LogP contribution < -0.4 is 0 Å². The fraction of sp³-hybridized carbons (Fsp3) is 0.595. The lowest BCUT2D eigenvalue weighted by molar-refractivity contribution is 0.759. The van der Waals surface area contributed by atoms with E-state index in [1.807, 2.05) is 41.5 Å². The van der Waals surface area contributed by atoms with Gasteiger partial charge in [-0.15, -0.1) is 0 Å². The maximum Gasteiger partial charge on any atom is 0.125 e. The number of aryl methyl sites for hydroxylation is 7. The Morgan fingerprint density at radius 1 is 0.265 bits per heavy atom. The first-order chi connectivity index (χ1) is 22.5. The number of rotatable bonds is 4. The third-order valence-electron chi connectivity index (χ3n) is 9.38. The smallest absolute Gasteiger partial charge is 0.125 e. The molecule has 0 radical (unpaired) electrons. The molecule has 7 heteroatoms. The van der Waals surface area contributed by atoms with Gasteiger partial charge in [0.15, 0.2) is 0 Å². The van der Waals surface area contributed by atoms with E-state index in [0.29, 0.717) is 23.7 Å². The molecule has 0 atom stereocenters. The van der Waals surface area contributed by atoms with Crippen molar-refractivity contribution in [3.05, 3.63) is 96.1 Å². The zero-order valence-electron chi connectivity index (χ0n) is 34.9. The summed E-state index contributed by atoms with van der Waals surface area (Å²) in [5.74, 6) is 2.83. The van der Waals surface area contributed by atoms with Crippen LogP contribution in [-0.4, -0.2) is 35.1 Å². The Labute approximate surface area is 299 Å². The van der Waals surface area contributed by atoms with Crippen LogP contribution in [-0.2, 0) is 0 Å². The summed E-state index contributed by atoms with van der Waals surface area (Å²) < 4.78 is 0. The zero-order valence-corrected chi connectivity index (χ0v) is 34.9. The molecule has 0 N–H and O–H groups in total. The summed E-state index contributed by atoms with van der Waals surface area (Å²) in [5, 5.41) is 8.30. The van der Waals surface area contributed by atoms with Gasteiger partial charge in [0.25, 0.3) is 0 Å². The van der Waals surface area contributed by atoms with Crippen LogP contribution in [0, 0.1) is 90.0 Å². The van der Waals surface area contributed by atoms with Crippen LogP contribution in [0.3, 0.4) is 0 Å². The zero-order chi connectivity index (χ0) is 38.1. The van der Waals surface area contributed by atoms with Crippen LogP contribution in [0.25, 0.3) is 0 Å². The van der Waals surface area contributed by atoms with E-state index in [1.54, 1.807) is 0 Å². The third kappa shape index (κ3) is 12.0. The summed E-state index contributed by atoms with van der Waals surface area (Å²) in [6.07, 6.45) is 0. The second-order valence-electron chi connectivity index (χ2n) is 14.7. The molecule has 0 aliphatic heterocycles. The van der Waals surface area contributed by atoms with Crippen LogP contribution in [0.1, 0.15) is 175 Å². The molecule has 0 spiro atoms. The summed E-state index contributed by atoms with van der Waals surface area (Å²) in [4.78, 5) is 22.3. The van der Waals surface area contributed by atoms with E-state index >= 15 is 0 Å². The number of aromatic nitrogens is 7. The minimum atomic E-state index is 0.469. The first kappa shape index (κ1) is 43.4. The Morgan fingerprint density at radius 2 is 0.653 bits per heavy atom. The Hall–Kier alpha value is -3.61. The predicted molar refractivity (Wildman–Crippen MR) is 208 cm³/mol. The molecule has 0 bridgehead atoms. The Balaban J connectivity index is 0.000000327. The number of pyridine rings is 1. The molecule has 4 aromatic rings. The number of hydrogen-bond acceptors (Lipinski definition) is 7. The molecule has 4 rings (SSSR count). The molecule has 270 valence electrons. The Morgan fingerprint density at radius 3 is 1.14 bits per heavy atom. The van der Waals surface area contributed by atoms with Crippen LogP contribution in [0.2, 0.25) is 0 Å². The molecule has 0 aromatic carbocycles. The van der Waals surface area contributed by atoms with Crippen molar-refractivity contribution in [1.29, 1.82) is 0 Å². The first-order valence-corrected chi connectivity index (χ1v) is 17.9. The lowest BCUT2D eigenvalue weighted by Gasteiger charge is -2.15. The van der Waals surface area contributed by atoms with Gasteiger partial charge >= 0.3 is 0 Å². The molecule has 4 heterocycles. The van der Waals surface area contributed by atoms with Crippen molar-refractivity contribution in [2.45, 2.75) is 169 Å². The van der Waals surface area contributed by atoms with Crippen molar-refractivity contribution in [2.24, 2.45) is 0 Å². The molecular formula is C42H67N7. The van der Waals surface area contributed by atoms with Gasteiger partial charge in [0.05, 0.1) is 34.2 Å². The number of hydrogen-bond donors (Lipinski definition) is 0. The predicted octanol–water partition coefficient (Wildman–Crippen LogP) is 11.0. The van der Waals surface area contributed by atoms with Gasteiger partial charge in [-0.1, -0.05) is 55.4 Å². The largest absolute Gasteiger partial charge is 0.257 e. The topological polar surface area (TPSA) is 90.2 Å². The lowest BCUT2D eigenvalue weighted by atomic mass is 9.97. The van der Waals surface area contributed by atoms with Gasteiger partial charge in [-0.2, -0.15) is 10.2 Å². The maximum atomic E-state index is 4.63. The standard InChI is InChI=1S/C12H19N.3C10H16N2/c1-7(2)12-10(5)8(3)9(4)11(6)13-12;1-6(2)10-9(5)11-7(3)8(4)12-10;1-6(2)10-7(3)8(4)11-9(5)12-10;1-6(2)10-8(4)7(3)9(5)11-12-10/h7H,1-6H3;3*6H,1-5H3. The van der Waals surface area contributed by atoms with Gasteiger partial charge in [-0.3, -0.25) is 15.0 Å². The molecule has 0 saturated heterocycles. The van der Waals surface area contributed by atoms with E-state index in [1.165, 1.54) is 50.5 Å². The van der Waals surface area contributed by atoms with Crippen molar-refractivity contribution in [2.75, 3.05) is 0 Å². The summed E-state index contributed by atoms with van der Waals surface area (Å²) in [5.41, 5.74) is 19.0. The van der Waals surface area contributed by atoms with Gasteiger partial charge in [-0.05, 0) is 147 Å². The average molecular weight is 670 g/mol.